The van der Waals surface area contributed by atoms with Crippen molar-refractivity contribution >= 4 is 29.1 Å². The summed E-state index contributed by atoms with van der Waals surface area (Å²) in [5.74, 6) is 0.856. The number of aromatic nitrogens is 3. The first-order chi connectivity index (χ1) is 12.2. The standard InChI is InChI=1S/C18H16ClN5O/c19-14-6-4-13(5-7-14)11-18(25)22-17-9-8-16(23-24-17)21-12-15-3-1-2-10-20-15/h1-10H,11-12H2,(H,21,23)(H,22,24,25). The zero-order valence-corrected chi connectivity index (χ0v) is 14.1. The summed E-state index contributed by atoms with van der Waals surface area (Å²) in [4.78, 5) is 16.2. The minimum atomic E-state index is -0.161. The van der Waals surface area contributed by atoms with Crippen molar-refractivity contribution in [3.63, 3.8) is 0 Å². The Bertz CT molecular complexity index is 822. The smallest absolute Gasteiger partial charge is 0.229 e. The molecule has 0 atom stereocenters. The molecule has 0 saturated heterocycles. The largest absolute Gasteiger partial charge is 0.363 e. The number of benzene rings is 1. The van der Waals surface area contributed by atoms with E-state index >= 15 is 0 Å². The molecule has 3 rings (SSSR count). The number of anilines is 2. The topological polar surface area (TPSA) is 79.8 Å². The predicted molar refractivity (Wildman–Crippen MR) is 97.4 cm³/mol. The Morgan fingerprint density at radius 1 is 0.960 bits per heavy atom. The van der Waals surface area contributed by atoms with Gasteiger partial charge in [0.2, 0.25) is 5.91 Å². The minimum absolute atomic E-state index is 0.161. The quantitative estimate of drug-likeness (QED) is 0.710. The van der Waals surface area contributed by atoms with E-state index in [-0.39, 0.29) is 12.3 Å². The van der Waals surface area contributed by atoms with Gasteiger partial charge >= 0.3 is 0 Å². The molecule has 1 aromatic carbocycles. The van der Waals surface area contributed by atoms with Crippen LogP contribution in [0.25, 0.3) is 0 Å². The summed E-state index contributed by atoms with van der Waals surface area (Å²) in [5, 5.41) is 14.5. The van der Waals surface area contributed by atoms with Gasteiger partial charge in [-0.3, -0.25) is 9.78 Å². The van der Waals surface area contributed by atoms with Crippen molar-refractivity contribution in [3.8, 4) is 0 Å². The molecule has 0 unspecified atom stereocenters. The predicted octanol–water partition coefficient (Wildman–Crippen LogP) is 3.32. The Balaban J connectivity index is 1.51. The van der Waals surface area contributed by atoms with E-state index in [0.29, 0.717) is 23.2 Å². The van der Waals surface area contributed by atoms with Crippen molar-refractivity contribution in [2.45, 2.75) is 13.0 Å². The van der Waals surface area contributed by atoms with E-state index in [0.717, 1.165) is 11.3 Å². The summed E-state index contributed by atoms with van der Waals surface area (Å²) in [7, 11) is 0. The molecule has 2 N–H and O–H groups in total. The van der Waals surface area contributed by atoms with E-state index in [1.165, 1.54) is 0 Å². The maximum Gasteiger partial charge on any atom is 0.229 e. The van der Waals surface area contributed by atoms with E-state index < -0.39 is 0 Å². The first-order valence-electron chi connectivity index (χ1n) is 7.71. The molecule has 25 heavy (non-hydrogen) atoms. The van der Waals surface area contributed by atoms with E-state index in [2.05, 4.69) is 25.8 Å². The Hall–Kier alpha value is -2.99. The molecule has 0 spiro atoms. The lowest BCUT2D eigenvalue weighted by Crippen LogP contribution is -2.16. The molecular weight excluding hydrogens is 338 g/mol. The molecule has 0 radical (unpaired) electrons. The molecule has 3 aromatic rings. The third kappa shape index (κ3) is 5.26. The molecular formula is C18H16ClN5O. The summed E-state index contributed by atoms with van der Waals surface area (Å²) in [6.07, 6.45) is 1.99. The summed E-state index contributed by atoms with van der Waals surface area (Å²) in [5.41, 5.74) is 1.79. The van der Waals surface area contributed by atoms with Crippen LogP contribution in [0.15, 0.2) is 60.8 Å². The van der Waals surface area contributed by atoms with Crippen LogP contribution in [0.2, 0.25) is 5.02 Å². The first-order valence-corrected chi connectivity index (χ1v) is 8.09. The molecule has 0 fully saturated rings. The normalized spacial score (nSPS) is 10.3. The maximum atomic E-state index is 12.0. The number of hydrogen-bond acceptors (Lipinski definition) is 5. The lowest BCUT2D eigenvalue weighted by molar-refractivity contribution is -0.115. The number of pyridine rings is 1. The van der Waals surface area contributed by atoms with Crippen LogP contribution >= 0.6 is 11.6 Å². The molecule has 2 heterocycles. The van der Waals surface area contributed by atoms with Crippen LogP contribution in [0.5, 0.6) is 0 Å². The van der Waals surface area contributed by atoms with Crippen molar-refractivity contribution in [2.24, 2.45) is 0 Å². The van der Waals surface area contributed by atoms with Crippen molar-refractivity contribution < 1.29 is 4.79 Å². The van der Waals surface area contributed by atoms with Gasteiger partial charge in [-0.1, -0.05) is 29.8 Å². The van der Waals surface area contributed by atoms with Crippen molar-refractivity contribution in [3.05, 3.63) is 77.1 Å². The van der Waals surface area contributed by atoms with Crippen LogP contribution in [0.1, 0.15) is 11.3 Å². The fourth-order valence-electron chi connectivity index (χ4n) is 2.15. The number of carbonyl (C=O) groups is 1. The fourth-order valence-corrected chi connectivity index (χ4v) is 2.28. The lowest BCUT2D eigenvalue weighted by Gasteiger charge is -2.07. The van der Waals surface area contributed by atoms with Gasteiger partial charge in [0.1, 0.15) is 5.82 Å². The van der Waals surface area contributed by atoms with Gasteiger partial charge in [0.05, 0.1) is 18.7 Å². The molecule has 0 bridgehead atoms. The number of nitrogens with zero attached hydrogens (tertiary/aromatic N) is 3. The highest BCUT2D eigenvalue weighted by atomic mass is 35.5. The molecule has 1 amide bonds. The molecule has 0 aliphatic carbocycles. The first kappa shape index (κ1) is 16.9. The van der Waals surface area contributed by atoms with Crippen LogP contribution < -0.4 is 10.6 Å². The van der Waals surface area contributed by atoms with Crippen LogP contribution in [0, 0.1) is 0 Å². The summed E-state index contributed by atoms with van der Waals surface area (Å²) in [6, 6.07) is 16.3. The van der Waals surface area contributed by atoms with Gasteiger partial charge in [-0.15, -0.1) is 10.2 Å². The fraction of sp³-hybridized carbons (Fsp3) is 0.111. The summed E-state index contributed by atoms with van der Waals surface area (Å²) >= 11 is 5.83. The van der Waals surface area contributed by atoms with Crippen LogP contribution in [0.4, 0.5) is 11.6 Å². The van der Waals surface area contributed by atoms with Gasteiger partial charge in [-0.05, 0) is 42.0 Å². The Labute approximate surface area is 150 Å². The Kier molecular flexibility index (Phi) is 5.53. The van der Waals surface area contributed by atoms with Gasteiger partial charge in [0.25, 0.3) is 0 Å². The number of halogens is 1. The second-order valence-corrected chi connectivity index (χ2v) is 5.77. The second kappa shape index (κ2) is 8.21. The van der Waals surface area contributed by atoms with Crippen molar-refractivity contribution in [1.29, 1.82) is 0 Å². The SMILES string of the molecule is O=C(Cc1ccc(Cl)cc1)Nc1ccc(NCc2ccccn2)nn1. The Morgan fingerprint density at radius 2 is 1.72 bits per heavy atom. The van der Waals surface area contributed by atoms with Gasteiger partial charge in [0.15, 0.2) is 5.82 Å². The monoisotopic (exact) mass is 353 g/mol. The lowest BCUT2D eigenvalue weighted by atomic mass is 10.1. The third-order valence-corrected chi connectivity index (χ3v) is 3.64. The van der Waals surface area contributed by atoms with Gasteiger partial charge in [-0.25, -0.2) is 0 Å². The molecule has 126 valence electrons. The van der Waals surface area contributed by atoms with Crippen LogP contribution in [0.3, 0.4) is 0 Å². The molecule has 0 aliphatic rings. The van der Waals surface area contributed by atoms with Crippen LogP contribution in [-0.4, -0.2) is 21.1 Å². The molecule has 0 aliphatic heterocycles. The van der Waals surface area contributed by atoms with Crippen molar-refractivity contribution in [1.82, 2.24) is 15.2 Å². The number of hydrogen-bond donors (Lipinski definition) is 2. The number of nitrogens with one attached hydrogen (secondary N) is 2. The third-order valence-electron chi connectivity index (χ3n) is 3.39. The van der Waals surface area contributed by atoms with E-state index in [1.807, 2.05) is 30.3 Å². The zero-order valence-electron chi connectivity index (χ0n) is 13.3. The average Bonchev–Trinajstić information content (AvgIpc) is 2.64. The van der Waals surface area contributed by atoms with Gasteiger partial charge in [0, 0.05) is 11.2 Å². The molecule has 7 heteroatoms. The molecule has 0 saturated carbocycles. The maximum absolute atomic E-state index is 12.0. The molecule has 2 aromatic heterocycles. The highest BCUT2D eigenvalue weighted by molar-refractivity contribution is 6.30. The van der Waals surface area contributed by atoms with E-state index in [1.54, 1.807) is 30.5 Å². The van der Waals surface area contributed by atoms with E-state index in [9.17, 15) is 4.79 Å². The van der Waals surface area contributed by atoms with Crippen molar-refractivity contribution in [2.75, 3.05) is 10.6 Å². The highest BCUT2D eigenvalue weighted by Gasteiger charge is 2.06. The number of amides is 1. The number of rotatable bonds is 6. The number of carbonyl (C=O) groups excluding carboxylic acids is 1. The Morgan fingerprint density at radius 3 is 2.40 bits per heavy atom. The summed E-state index contributed by atoms with van der Waals surface area (Å²) < 4.78 is 0. The highest BCUT2D eigenvalue weighted by Crippen LogP contribution is 2.11. The zero-order chi connectivity index (χ0) is 17.5. The van der Waals surface area contributed by atoms with Crippen LogP contribution in [-0.2, 0) is 17.8 Å². The minimum Gasteiger partial charge on any atom is -0.363 e. The van der Waals surface area contributed by atoms with E-state index in [4.69, 9.17) is 11.6 Å². The second-order valence-electron chi connectivity index (χ2n) is 5.33. The van der Waals surface area contributed by atoms with Gasteiger partial charge < -0.3 is 10.6 Å². The average molecular weight is 354 g/mol. The molecule has 6 nitrogen and oxygen atoms in total. The van der Waals surface area contributed by atoms with Gasteiger partial charge in [-0.2, -0.15) is 0 Å². The summed E-state index contributed by atoms with van der Waals surface area (Å²) in [6.45, 7) is 0.553.